The summed E-state index contributed by atoms with van der Waals surface area (Å²) in [4.78, 5) is 4.15. The molecule has 0 fully saturated rings. The molecule has 3 N–H and O–H groups in total. The highest BCUT2D eigenvalue weighted by molar-refractivity contribution is 7.09. The van der Waals surface area contributed by atoms with Crippen LogP contribution in [-0.4, -0.2) is 21.4 Å². The molecule has 5 heteroatoms. The van der Waals surface area contributed by atoms with Crippen molar-refractivity contribution in [1.29, 1.82) is 0 Å². The molecule has 0 atom stereocenters. The lowest BCUT2D eigenvalue weighted by molar-refractivity contribution is 0.549. The standard InChI is InChI=1S/C7H14N4S/c1-5-10-6(12-11-5)9-4-7(2,3)8/h4,8H2,1-3H3,(H,9,10,11). The zero-order valence-electron chi connectivity index (χ0n) is 7.59. The average Bonchev–Trinajstić information content (AvgIpc) is 2.30. The topological polar surface area (TPSA) is 63.8 Å². The van der Waals surface area contributed by atoms with E-state index in [9.17, 15) is 0 Å². The van der Waals surface area contributed by atoms with Gasteiger partial charge in [-0.1, -0.05) is 0 Å². The molecule has 68 valence electrons. The molecule has 0 radical (unpaired) electrons. The minimum absolute atomic E-state index is 0.209. The van der Waals surface area contributed by atoms with Gasteiger partial charge in [0.15, 0.2) is 0 Å². The Morgan fingerprint density at radius 2 is 2.25 bits per heavy atom. The van der Waals surface area contributed by atoms with E-state index in [1.807, 2.05) is 20.8 Å². The second-order valence-corrected chi connectivity index (χ2v) is 4.24. The molecule has 0 saturated carbocycles. The fourth-order valence-corrected chi connectivity index (χ4v) is 1.24. The van der Waals surface area contributed by atoms with Gasteiger partial charge in [-0.05, 0) is 20.8 Å². The Bertz CT molecular complexity index is 250. The van der Waals surface area contributed by atoms with Gasteiger partial charge in [0, 0.05) is 23.6 Å². The van der Waals surface area contributed by atoms with Crippen LogP contribution >= 0.6 is 11.5 Å². The predicted octanol–water partition coefficient (Wildman–Crippen LogP) is 0.996. The number of anilines is 1. The first-order valence-corrected chi connectivity index (χ1v) is 4.58. The maximum absolute atomic E-state index is 5.78. The second-order valence-electron chi connectivity index (χ2n) is 3.49. The molecular formula is C7H14N4S. The van der Waals surface area contributed by atoms with E-state index < -0.39 is 0 Å². The quantitative estimate of drug-likeness (QED) is 0.739. The smallest absolute Gasteiger partial charge is 0.202 e. The average molecular weight is 186 g/mol. The molecule has 12 heavy (non-hydrogen) atoms. The highest BCUT2D eigenvalue weighted by atomic mass is 32.1. The molecule has 0 saturated heterocycles. The second kappa shape index (κ2) is 3.37. The molecule has 0 unspecified atom stereocenters. The van der Waals surface area contributed by atoms with Crippen molar-refractivity contribution in [2.24, 2.45) is 5.73 Å². The van der Waals surface area contributed by atoms with Gasteiger partial charge in [0.2, 0.25) is 5.13 Å². The van der Waals surface area contributed by atoms with Crippen LogP contribution in [0.2, 0.25) is 0 Å². The van der Waals surface area contributed by atoms with Crippen LogP contribution in [0.15, 0.2) is 0 Å². The summed E-state index contributed by atoms with van der Waals surface area (Å²) in [6, 6.07) is 0. The lowest BCUT2D eigenvalue weighted by Crippen LogP contribution is -2.39. The van der Waals surface area contributed by atoms with Gasteiger partial charge in [-0.3, -0.25) is 0 Å². The molecule has 0 aromatic carbocycles. The van der Waals surface area contributed by atoms with Crippen LogP contribution in [0.25, 0.3) is 0 Å². The zero-order chi connectivity index (χ0) is 9.19. The van der Waals surface area contributed by atoms with E-state index in [4.69, 9.17) is 5.73 Å². The van der Waals surface area contributed by atoms with Gasteiger partial charge in [0.05, 0.1) is 0 Å². The van der Waals surface area contributed by atoms with Gasteiger partial charge in [0.1, 0.15) is 5.82 Å². The molecule has 0 aliphatic carbocycles. The first kappa shape index (κ1) is 9.41. The summed E-state index contributed by atoms with van der Waals surface area (Å²) in [6.07, 6.45) is 0. The molecule has 0 aliphatic rings. The monoisotopic (exact) mass is 186 g/mol. The number of aryl methyl sites for hydroxylation is 1. The van der Waals surface area contributed by atoms with Crippen molar-refractivity contribution < 1.29 is 0 Å². The van der Waals surface area contributed by atoms with Crippen molar-refractivity contribution >= 4 is 16.7 Å². The minimum atomic E-state index is -0.209. The van der Waals surface area contributed by atoms with Crippen molar-refractivity contribution in [1.82, 2.24) is 9.36 Å². The van der Waals surface area contributed by atoms with Crippen LogP contribution in [0.3, 0.4) is 0 Å². The van der Waals surface area contributed by atoms with Gasteiger partial charge in [-0.15, -0.1) is 0 Å². The largest absolute Gasteiger partial charge is 0.358 e. The maximum Gasteiger partial charge on any atom is 0.202 e. The summed E-state index contributed by atoms with van der Waals surface area (Å²) in [7, 11) is 0. The number of nitrogens with one attached hydrogen (secondary N) is 1. The number of nitrogens with two attached hydrogens (primary N) is 1. The van der Waals surface area contributed by atoms with Crippen molar-refractivity contribution in [3.05, 3.63) is 5.82 Å². The minimum Gasteiger partial charge on any atom is -0.358 e. The summed E-state index contributed by atoms with van der Waals surface area (Å²) in [5, 5.41) is 3.96. The van der Waals surface area contributed by atoms with Gasteiger partial charge in [-0.25, -0.2) is 4.98 Å². The van der Waals surface area contributed by atoms with Crippen molar-refractivity contribution in [2.75, 3.05) is 11.9 Å². The summed E-state index contributed by atoms with van der Waals surface area (Å²) in [6.45, 7) is 6.51. The highest BCUT2D eigenvalue weighted by Crippen LogP contribution is 2.10. The number of rotatable bonds is 3. The molecular weight excluding hydrogens is 172 g/mol. The zero-order valence-corrected chi connectivity index (χ0v) is 8.40. The maximum atomic E-state index is 5.78. The van der Waals surface area contributed by atoms with Gasteiger partial charge >= 0.3 is 0 Å². The normalized spacial score (nSPS) is 11.7. The molecule has 1 rings (SSSR count). The lowest BCUT2D eigenvalue weighted by atomic mass is 10.1. The van der Waals surface area contributed by atoms with E-state index in [1.54, 1.807) is 0 Å². The molecule has 4 nitrogen and oxygen atoms in total. The summed E-state index contributed by atoms with van der Waals surface area (Å²) in [5.41, 5.74) is 5.58. The first-order chi connectivity index (χ1) is 5.47. The Morgan fingerprint density at radius 1 is 1.58 bits per heavy atom. The molecule has 0 amide bonds. The predicted molar refractivity (Wildman–Crippen MR) is 51.4 cm³/mol. The van der Waals surface area contributed by atoms with Crippen LogP contribution in [0.1, 0.15) is 19.7 Å². The molecule has 0 bridgehead atoms. The number of nitrogens with zero attached hydrogens (tertiary/aromatic N) is 2. The van der Waals surface area contributed by atoms with Gasteiger partial charge in [0.25, 0.3) is 0 Å². The number of aromatic nitrogens is 2. The van der Waals surface area contributed by atoms with Crippen LogP contribution in [-0.2, 0) is 0 Å². The third-order valence-corrected chi connectivity index (χ3v) is 1.99. The Kier molecular flexibility index (Phi) is 2.64. The van der Waals surface area contributed by atoms with E-state index in [0.717, 1.165) is 11.0 Å². The highest BCUT2D eigenvalue weighted by Gasteiger charge is 2.10. The lowest BCUT2D eigenvalue weighted by Gasteiger charge is -2.17. The molecule has 0 spiro atoms. The van der Waals surface area contributed by atoms with Crippen LogP contribution < -0.4 is 11.1 Å². The number of hydrogen-bond acceptors (Lipinski definition) is 5. The van der Waals surface area contributed by atoms with Crippen LogP contribution in [0.5, 0.6) is 0 Å². The third kappa shape index (κ3) is 3.15. The molecule has 1 aromatic heterocycles. The Balaban J connectivity index is 2.44. The van der Waals surface area contributed by atoms with Crippen molar-refractivity contribution in [3.8, 4) is 0 Å². The summed E-state index contributed by atoms with van der Waals surface area (Å²) < 4.78 is 4.04. The van der Waals surface area contributed by atoms with Gasteiger partial charge < -0.3 is 11.1 Å². The molecule has 1 heterocycles. The SMILES string of the molecule is Cc1nsc(NCC(C)(C)N)n1. The van der Waals surface area contributed by atoms with E-state index in [1.165, 1.54) is 11.5 Å². The van der Waals surface area contributed by atoms with E-state index in [2.05, 4.69) is 14.7 Å². The number of hydrogen-bond donors (Lipinski definition) is 2. The fourth-order valence-electron chi connectivity index (χ4n) is 0.672. The van der Waals surface area contributed by atoms with E-state index in [0.29, 0.717) is 6.54 Å². The van der Waals surface area contributed by atoms with Crippen molar-refractivity contribution in [3.63, 3.8) is 0 Å². The third-order valence-electron chi connectivity index (χ3n) is 1.22. The summed E-state index contributed by atoms with van der Waals surface area (Å²) >= 11 is 1.36. The van der Waals surface area contributed by atoms with Crippen LogP contribution in [0.4, 0.5) is 5.13 Å². The fraction of sp³-hybridized carbons (Fsp3) is 0.714. The van der Waals surface area contributed by atoms with Crippen molar-refractivity contribution in [2.45, 2.75) is 26.3 Å². The van der Waals surface area contributed by atoms with E-state index in [-0.39, 0.29) is 5.54 Å². The Morgan fingerprint density at radius 3 is 2.67 bits per heavy atom. The first-order valence-electron chi connectivity index (χ1n) is 3.80. The molecule has 1 aromatic rings. The van der Waals surface area contributed by atoms with Crippen LogP contribution in [0, 0.1) is 6.92 Å². The van der Waals surface area contributed by atoms with E-state index >= 15 is 0 Å². The van der Waals surface area contributed by atoms with Gasteiger partial charge in [-0.2, -0.15) is 4.37 Å². The molecule has 0 aliphatic heterocycles. The Hall–Kier alpha value is -0.680. The summed E-state index contributed by atoms with van der Waals surface area (Å²) in [5.74, 6) is 0.803. The Labute approximate surface area is 76.4 Å².